The SMILES string of the molecule is ClC(Cl)C(Cl)(Cl)C(Cl)(Cl)C(Cl)(Cl)C(Cl)(Cl)C(Cl)(Cl)C(Cl)(Cl)C(Cl)(Cl)C(Cl)(Cl)C(Cl)(Cl)C(Cl)(Cl)C(Cl)(Cl)C(Cl)(Cl)C(Cl)(Cl)C(Cl)(Cl)C(Cl)(Cl)Cl. The largest absolute Gasteiger partial charge is 0.226 e. The molecule has 0 spiro atoms. The van der Waals surface area contributed by atoms with Gasteiger partial charge in [0.15, 0.2) is 56.3 Å². The molecule has 0 atom stereocenters. The van der Waals surface area contributed by atoms with Crippen LogP contribution in [0.5, 0.6) is 0 Å². The molecule has 0 aliphatic carbocycles. The molecule has 49 heavy (non-hydrogen) atoms. The van der Waals surface area contributed by atoms with Crippen LogP contribution in [0.25, 0.3) is 0 Å². The third-order valence-corrected chi connectivity index (χ3v) is 29.1. The van der Waals surface area contributed by atoms with Gasteiger partial charge in [-0.25, -0.2) is 0 Å². The number of hydrogen-bond donors (Lipinski definition) is 0. The maximum atomic E-state index is 6.51. The maximum Gasteiger partial charge on any atom is 0.226 e. The van der Waals surface area contributed by atoms with Crippen LogP contribution < -0.4 is 0 Å². The normalized spacial score (nSPS) is 17.3. The van der Waals surface area contributed by atoms with Crippen molar-refractivity contribution in [1.29, 1.82) is 0 Å². The molecule has 0 nitrogen and oxygen atoms in total. The smallest absolute Gasteiger partial charge is 0.102 e. The van der Waals surface area contributed by atoms with Gasteiger partial charge in [0.05, 0.1) is 0 Å². The molecule has 0 aromatic heterocycles. The van der Waals surface area contributed by atoms with Crippen molar-refractivity contribution < 1.29 is 0 Å². The third-order valence-electron chi connectivity index (χ3n) is 5.78. The highest BCUT2D eigenvalue weighted by Gasteiger charge is 2.87. The van der Waals surface area contributed by atoms with Crippen molar-refractivity contribution >= 4 is 383 Å². The van der Waals surface area contributed by atoms with Crippen LogP contribution in [-0.4, -0.2) is 69.3 Å². The molecule has 0 aliphatic rings. The fraction of sp³-hybridized carbons (Fsp3) is 1.00. The number of hydrogen-bond acceptors (Lipinski definition) is 0. The first-order valence-electron chi connectivity index (χ1n) is 10.1. The number of rotatable bonds is 14. The van der Waals surface area contributed by atoms with Crippen molar-refractivity contribution in [1.82, 2.24) is 0 Å². The van der Waals surface area contributed by atoms with E-state index in [1.165, 1.54) is 0 Å². The molecular formula is C16HCl33. The quantitative estimate of drug-likeness (QED) is 0.152. The van der Waals surface area contributed by atoms with E-state index in [-0.39, 0.29) is 0 Å². The lowest BCUT2D eigenvalue weighted by atomic mass is 9.97. The second-order valence-electron chi connectivity index (χ2n) is 8.89. The highest BCUT2D eigenvalue weighted by molar-refractivity contribution is 6.85. The van der Waals surface area contributed by atoms with Crippen LogP contribution in [0.4, 0.5) is 0 Å². The van der Waals surface area contributed by atoms with Gasteiger partial charge in [0.1, 0.15) is 4.84 Å². The molecule has 0 amide bonds. The average Bonchev–Trinajstić information content (AvgIpc) is 2.86. The van der Waals surface area contributed by atoms with Crippen LogP contribution in [0.15, 0.2) is 0 Å². The monoisotopic (exact) mass is 1350 g/mol. The summed E-state index contributed by atoms with van der Waals surface area (Å²) < 4.78 is -49.9. The minimum absolute atomic E-state index is 1.89. The van der Waals surface area contributed by atoms with Crippen LogP contribution in [0, 0.1) is 0 Å². The molecular weight excluding hydrogens is 1360 g/mol. The maximum absolute atomic E-state index is 6.51. The molecule has 296 valence electrons. The topological polar surface area (TPSA) is 0 Å². The summed E-state index contributed by atoms with van der Waals surface area (Å²) in [5, 5.41) is 0. The zero-order valence-electron chi connectivity index (χ0n) is 20.6. The lowest BCUT2D eigenvalue weighted by molar-refractivity contribution is 0.399. The first kappa shape index (κ1) is 58.6. The van der Waals surface area contributed by atoms with E-state index in [9.17, 15) is 0 Å². The van der Waals surface area contributed by atoms with E-state index >= 15 is 0 Å². The van der Waals surface area contributed by atoms with Crippen LogP contribution in [-0.2, 0) is 0 Å². The Kier molecular flexibility index (Phi) is 20.9. The molecule has 0 unspecified atom stereocenters. The van der Waals surface area contributed by atoms with E-state index in [0.717, 1.165) is 0 Å². The van der Waals surface area contributed by atoms with E-state index in [1.807, 2.05) is 0 Å². The summed E-state index contributed by atoms with van der Waals surface area (Å²) in [6, 6.07) is 0. The van der Waals surface area contributed by atoms with E-state index in [4.69, 9.17) is 383 Å². The molecule has 0 N–H and O–H groups in total. The van der Waals surface area contributed by atoms with Crippen molar-refractivity contribution in [3.05, 3.63) is 0 Å². The molecule has 0 saturated carbocycles. The van der Waals surface area contributed by atoms with E-state index < -0.39 is 69.3 Å². The highest BCUT2D eigenvalue weighted by atomic mass is 35.6. The van der Waals surface area contributed by atoms with E-state index in [1.54, 1.807) is 0 Å². The van der Waals surface area contributed by atoms with Crippen LogP contribution >= 0.6 is 383 Å². The molecule has 0 saturated heterocycles. The Morgan fingerprint density at radius 1 is 0.184 bits per heavy atom. The minimum Gasteiger partial charge on any atom is -0.102 e. The molecule has 0 radical (unpaired) electrons. The van der Waals surface area contributed by atoms with Crippen molar-refractivity contribution in [2.24, 2.45) is 0 Å². The van der Waals surface area contributed by atoms with Crippen molar-refractivity contribution in [2.45, 2.75) is 69.3 Å². The first-order chi connectivity index (χ1) is 20.4. The Labute approximate surface area is 444 Å². The molecule has 0 aromatic rings. The van der Waals surface area contributed by atoms with Gasteiger partial charge in [-0.3, -0.25) is 0 Å². The summed E-state index contributed by atoms with van der Waals surface area (Å²) in [7, 11) is 0. The second kappa shape index (κ2) is 17.5. The Morgan fingerprint density at radius 2 is 0.306 bits per heavy atom. The molecule has 0 aliphatic heterocycles. The van der Waals surface area contributed by atoms with Gasteiger partial charge < -0.3 is 0 Å². The minimum atomic E-state index is -3.59. The third kappa shape index (κ3) is 8.87. The lowest BCUT2D eigenvalue weighted by Gasteiger charge is -2.58. The lowest BCUT2D eigenvalue weighted by Crippen LogP contribution is -2.75. The zero-order valence-corrected chi connectivity index (χ0v) is 45.5. The summed E-state index contributed by atoms with van der Waals surface area (Å²) in [6.45, 7) is 0. The predicted octanol–water partition coefficient (Wildman–Crippen LogP) is 19.6. The molecule has 0 bridgehead atoms. The average molecular weight is 1360 g/mol. The van der Waals surface area contributed by atoms with Gasteiger partial charge >= 0.3 is 0 Å². The fourth-order valence-corrected chi connectivity index (χ4v) is 13.6. The van der Waals surface area contributed by atoms with Gasteiger partial charge in [-0.2, -0.15) is 0 Å². The van der Waals surface area contributed by atoms with Crippen molar-refractivity contribution in [3.63, 3.8) is 0 Å². The number of alkyl halides is 33. The molecule has 33 heteroatoms. The standard InChI is InChI=1S/C16HCl33/c17-1(18)2(19,20)3(21,22)4(23,24)5(25,26)6(27,28)7(29,30)8(31,32)9(33,34)10(35,36)11(37,38)12(39,40)13(41,42)14(43,44)15(45,46)16(47,48)49/h1H. The van der Waals surface area contributed by atoms with Gasteiger partial charge in [0.25, 0.3) is 0 Å². The predicted molar refractivity (Wildman–Crippen MR) is 238 cm³/mol. The first-order valence-corrected chi connectivity index (χ1v) is 22.7. The van der Waals surface area contributed by atoms with Crippen LogP contribution in [0.2, 0.25) is 0 Å². The summed E-state index contributed by atoms with van der Waals surface area (Å²) in [5.41, 5.74) is 0. The second-order valence-corrected chi connectivity index (χ2v) is 30.9. The fourth-order valence-electron chi connectivity index (χ4n) is 2.69. The van der Waals surface area contributed by atoms with Crippen LogP contribution in [0.3, 0.4) is 0 Å². The van der Waals surface area contributed by atoms with Gasteiger partial charge in [-0.15, -0.1) is 23.2 Å². The van der Waals surface area contributed by atoms with Crippen molar-refractivity contribution in [3.8, 4) is 0 Å². The summed E-state index contributed by atoms with van der Waals surface area (Å²) >= 11 is 208. The molecule has 0 rings (SSSR count). The van der Waals surface area contributed by atoms with E-state index in [0.29, 0.717) is 0 Å². The van der Waals surface area contributed by atoms with Crippen molar-refractivity contribution in [2.75, 3.05) is 0 Å². The molecule has 0 aromatic carbocycles. The Morgan fingerprint density at radius 3 is 0.429 bits per heavy atom. The summed E-state index contributed by atoms with van der Waals surface area (Å²) in [6.07, 6.45) is 0. The summed E-state index contributed by atoms with van der Waals surface area (Å²) in [4.78, 5) is -1.89. The van der Waals surface area contributed by atoms with E-state index in [2.05, 4.69) is 0 Å². The van der Waals surface area contributed by atoms with Gasteiger partial charge in [-0.1, -0.05) is 360 Å². The highest BCUT2D eigenvalue weighted by Crippen LogP contribution is 2.77. The Hall–Kier alpha value is 9.57. The molecule has 0 fully saturated rings. The zero-order chi connectivity index (χ0) is 41.1. The van der Waals surface area contributed by atoms with Gasteiger partial charge in [0.2, 0.25) is 8.13 Å². The van der Waals surface area contributed by atoms with Gasteiger partial charge in [0, 0.05) is 0 Å². The van der Waals surface area contributed by atoms with Gasteiger partial charge in [-0.05, 0) is 0 Å². The molecule has 0 heterocycles. The van der Waals surface area contributed by atoms with Crippen LogP contribution in [0.1, 0.15) is 0 Å². The summed E-state index contributed by atoms with van der Waals surface area (Å²) in [5.74, 6) is 0. The Balaban J connectivity index is 7.66. The number of halogens is 33. The Bertz CT molecular complexity index is 1190.